The third-order valence-corrected chi connectivity index (χ3v) is 6.22. The van der Waals surface area contributed by atoms with Gasteiger partial charge in [-0.3, -0.25) is 9.78 Å². The van der Waals surface area contributed by atoms with E-state index in [4.69, 9.17) is 24.3 Å². The first-order valence-corrected chi connectivity index (χ1v) is 13.2. The normalized spacial score (nSPS) is 14.8. The molecule has 1 saturated heterocycles. The first-order valence-electron chi connectivity index (χ1n) is 13.2. The van der Waals surface area contributed by atoms with Gasteiger partial charge in [0.05, 0.1) is 32.0 Å². The van der Waals surface area contributed by atoms with Gasteiger partial charge < -0.3 is 29.5 Å². The van der Waals surface area contributed by atoms with Crippen molar-refractivity contribution in [2.45, 2.75) is 32.3 Å². The molecule has 1 atom stereocenters. The monoisotopic (exact) mass is 541 g/mol. The second-order valence-corrected chi connectivity index (χ2v) is 9.28. The smallest absolute Gasteiger partial charge is 0.307 e. The van der Waals surface area contributed by atoms with Crippen LogP contribution in [-0.4, -0.2) is 51.8 Å². The van der Waals surface area contributed by atoms with Crippen molar-refractivity contribution in [3.63, 3.8) is 0 Å². The van der Waals surface area contributed by atoms with Crippen LogP contribution in [0.2, 0.25) is 0 Å². The lowest BCUT2D eigenvalue weighted by atomic mass is 10.1. The summed E-state index contributed by atoms with van der Waals surface area (Å²) in [6.45, 7) is 4.07. The Balaban J connectivity index is 1.24. The topological polar surface area (TPSA) is 119 Å². The molecule has 1 aliphatic heterocycles. The van der Waals surface area contributed by atoms with Gasteiger partial charge in [-0.2, -0.15) is 4.98 Å². The van der Waals surface area contributed by atoms with Crippen molar-refractivity contribution in [1.29, 1.82) is 0 Å². The minimum Gasteiger partial charge on any atom is -0.490 e. The number of carbonyl (C=O) groups is 1. The Bertz CT molecular complexity index is 1450. The third-order valence-electron chi connectivity index (χ3n) is 6.22. The average Bonchev–Trinajstić information content (AvgIpc) is 2.95. The van der Waals surface area contributed by atoms with E-state index in [1.165, 1.54) is 0 Å². The lowest BCUT2D eigenvalue weighted by Crippen LogP contribution is -2.41. The van der Waals surface area contributed by atoms with E-state index < -0.39 is 5.97 Å². The number of aliphatic carboxylic acids is 1. The van der Waals surface area contributed by atoms with Gasteiger partial charge in [0.2, 0.25) is 5.88 Å². The number of piperidine rings is 1. The SMILES string of the molecule is CCOc1ccccc1OC1CCCN(c2cncc(Nc3cccc(Oc4cccc(CC(=O)O)c4)n3)n2)C1. The predicted octanol–water partition coefficient (Wildman–Crippen LogP) is 5.48. The first-order chi connectivity index (χ1) is 19.6. The molecule has 5 rings (SSSR count). The highest BCUT2D eigenvalue weighted by atomic mass is 16.5. The van der Waals surface area contributed by atoms with E-state index in [1.54, 1.807) is 42.7 Å². The number of nitrogens with zero attached hydrogens (tertiary/aromatic N) is 4. The summed E-state index contributed by atoms with van der Waals surface area (Å²) in [4.78, 5) is 26.9. The molecule has 0 spiro atoms. The quantitative estimate of drug-likeness (QED) is 0.253. The Hall–Kier alpha value is -4.86. The van der Waals surface area contributed by atoms with Gasteiger partial charge in [-0.05, 0) is 55.7 Å². The molecule has 4 aromatic rings. The van der Waals surface area contributed by atoms with Crippen molar-refractivity contribution in [3.05, 3.63) is 84.7 Å². The standard InChI is InChI=1S/C30H31N5O5/c1-2-38-24-11-3-4-12-25(24)39-23-10-7-15-35(20-23)28-19-31-18-27(33-28)32-26-13-6-14-29(34-26)40-22-9-5-8-21(16-22)17-30(36)37/h3-6,8-9,11-14,16,18-19,23H,2,7,10,15,17,20H2,1H3,(H,36,37)(H,32,33,34). The van der Waals surface area contributed by atoms with Gasteiger partial charge in [0, 0.05) is 12.6 Å². The van der Waals surface area contributed by atoms with Gasteiger partial charge in [0.25, 0.3) is 0 Å². The van der Waals surface area contributed by atoms with Crippen molar-refractivity contribution in [3.8, 4) is 23.1 Å². The molecule has 1 fully saturated rings. The fourth-order valence-electron chi connectivity index (χ4n) is 4.50. The molecule has 10 heteroatoms. The predicted molar refractivity (Wildman–Crippen MR) is 151 cm³/mol. The van der Waals surface area contributed by atoms with E-state index in [0.29, 0.717) is 42.0 Å². The summed E-state index contributed by atoms with van der Waals surface area (Å²) in [6.07, 6.45) is 5.22. The lowest BCUT2D eigenvalue weighted by Gasteiger charge is -2.33. The molecule has 0 radical (unpaired) electrons. The fraction of sp³-hybridized carbons (Fsp3) is 0.267. The molecule has 1 unspecified atom stereocenters. The van der Waals surface area contributed by atoms with E-state index in [1.807, 2.05) is 43.3 Å². The molecule has 2 aromatic carbocycles. The highest BCUT2D eigenvalue weighted by molar-refractivity contribution is 5.70. The molecule has 2 aromatic heterocycles. The van der Waals surface area contributed by atoms with Crippen LogP contribution >= 0.6 is 0 Å². The van der Waals surface area contributed by atoms with E-state index in [-0.39, 0.29) is 12.5 Å². The third kappa shape index (κ3) is 7.16. The Morgan fingerprint density at radius 1 is 1.02 bits per heavy atom. The second-order valence-electron chi connectivity index (χ2n) is 9.28. The number of aromatic nitrogens is 3. The summed E-state index contributed by atoms with van der Waals surface area (Å²) in [6, 6.07) is 20.0. The Labute approximate surface area is 232 Å². The van der Waals surface area contributed by atoms with Crippen LogP contribution in [0.5, 0.6) is 23.1 Å². The minimum absolute atomic E-state index is 0.00160. The highest BCUT2D eigenvalue weighted by Gasteiger charge is 2.24. The number of ether oxygens (including phenoxy) is 3. The van der Waals surface area contributed by atoms with Crippen LogP contribution in [0.4, 0.5) is 17.5 Å². The number of hydrogen-bond acceptors (Lipinski definition) is 9. The molecule has 3 heterocycles. The number of benzene rings is 2. The van der Waals surface area contributed by atoms with Crippen LogP contribution < -0.4 is 24.4 Å². The molecule has 1 aliphatic rings. The first kappa shape index (κ1) is 26.7. The molecule has 0 amide bonds. The fourth-order valence-corrected chi connectivity index (χ4v) is 4.50. The van der Waals surface area contributed by atoms with E-state index in [9.17, 15) is 4.79 Å². The van der Waals surface area contributed by atoms with Crippen LogP contribution in [0.15, 0.2) is 79.1 Å². The zero-order valence-corrected chi connectivity index (χ0v) is 22.2. The number of para-hydroxylation sites is 2. The summed E-state index contributed by atoms with van der Waals surface area (Å²) < 4.78 is 17.9. The lowest BCUT2D eigenvalue weighted by molar-refractivity contribution is -0.136. The number of nitrogens with one attached hydrogen (secondary N) is 1. The van der Waals surface area contributed by atoms with Gasteiger partial charge in [-0.15, -0.1) is 0 Å². The van der Waals surface area contributed by atoms with Crippen LogP contribution in [-0.2, 0) is 11.2 Å². The number of rotatable bonds is 11. The summed E-state index contributed by atoms with van der Waals surface area (Å²) in [5.41, 5.74) is 0.648. The minimum atomic E-state index is -0.899. The van der Waals surface area contributed by atoms with Crippen molar-refractivity contribution < 1.29 is 24.1 Å². The van der Waals surface area contributed by atoms with Crippen LogP contribution in [0, 0.1) is 0 Å². The summed E-state index contributed by atoms with van der Waals surface area (Å²) in [5, 5.41) is 12.2. The highest BCUT2D eigenvalue weighted by Crippen LogP contribution is 2.30. The maximum absolute atomic E-state index is 11.0. The van der Waals surface area contributed by atoms with Crippen molar-refractivity contribution in [2.24, 2.45) is 0 Å². The molecular weight excluding hydrogens is 510 g/mol. The maximum atomic E-state index is 11.0. The molecule has 10 nitrogen and oxygen atoms in total. The van der Waals surface area contributed by atoms with E-state index in [0.717, 1.165) is 36.7 Å². The number of pyridine rings is 1. The maximum Gasteiger partial charge on any atom is 0.307 e. The molecule has 206 valence electrons. The van der Waals surface area contributed by atoms with Crippen molar-refractivity contribution in [2.75, 3.05) is 29.9 Å². The molecule has 0 bridgehead atoms. The molecule has 2 N–H and O–H groups in total. The van der Waals surface area contributed by atoms with Crippen molar-refractivity contribution in [1.82, 2.24) is 15.0 Å². The molecule has 40 heavy (non-hydrogen) atoms. The van der Waals surface area contributed by atoms with Gasteiger partial charge >= 0.3 is 5.97 Å². The average molecular weight is 542 g/mol. The molecular formula is C30H31N5O5. The molecule has 0 aliphatic carbocycles. The van der Waals surface area contributed by atoms with Crippen LogP contribution in [0.1, 0.15) is 25.3 Å². The summed E-state index contributed by atoms with van der Waals surface area (Å²) >= 11 is 0. The Morgan fingerprint density at radius 2 is 1.88 bits per heavy atom. The van der Waals surface area contributed by atoms with Gasteiger partial charge in [0.1, 0.15) is 23.5 Å². The van der Waals surface area contributed by atoms with Crippen molar-refractivity contribution >= 4 is 23.4 Å². The zero-order chi connectivity index (χ0) is 27.7. The second kappa shape index (κ2) is 12.8. The zero-order valence-electron chi connectivity index (χ0n) is 22.2. The van der Waals surface area contributed by atoms with E-state index >= 15 is 0 Å². The summed E-state index contributed by atoms with van der Waals surface area (Å²) in [7, 11) is 0. The Morgan fingerprint density at radius 3 is 2.73 bits per heavy atom. The molecule has 0 saturated carbocycles. The van der Waals surface area contributed by atoms with Gasteiger partial charge in [-0.1, -0.05) is 30.3 Å². The van der Waals surface area contributed by atoms with Gasteiger partial charge in [-0.25, -0.2) is 4.98 Å². The number of carboxylic acids is 1. The van der Waals surface area contributed by atoms with Crippen LogP contribution in [0.3, 0.4) is 0 Å². The van der Waals surface area contributed by atoms with Gasteiger partial charge in [0.15, 0.2) is 17.3 Å². The number of carboxylic acid groups (broad SMARTS) is 1. The number of anilines is 3. The van der Waals surface area contributed by atoms with Crippen LogP contribution in [0.25, 0.3) is 0 Å². The Kier molecular flexibility index (Phi) is 8.55. The largest absolute Gasteiger partial charge is 0.490 e. The number of hydrogen-bond donors (Lipinski definition) is 2. The van der Waals surface area contributed by atoms with E-state index in [2.05, 4.69) is 20.2 Å². The summed E-state index contributed by atoms with van der Waals surface area (Å²) in [5.74, 6) is 3.32.